The van der Waals surface area contributed by atoms with Crippen LogP contribution in [-0.4, -0.2) is 27.2 Å². The number of hydrogen-bond acceptors (Lipinski definition) is 4. The Hall–Kier alpha value is -1.63. The van der Waals surface area contributed by atoms with Crippen molar-refractivity contribution < 1.29 is 4.74 Å². The fourth-order valence-electron chi connectivity index (χ4n) is 4.38. The highest BCUT2D eigenvalue weighted by Gasteiger charge is 2.28. The Labute approximate surface area is 186 Å². The molecule has 7 heteroatoms. The molecular formula is C24H43N3O4. The molecular weight excluding hydrogens is 394 g/mol. The van der Waals surface area contributed by atoms with Crippen molar-refractivity contribution in [2.24, 2.45) is 0 Å². The molecule has 178 valence electrons. The number of H-pyrrole nitrogens is 2. The van der Waals surface area contributed by atoms with E-state index >= 15 is 0 Å². The molecule has 0 radical (unpaired) electrons. The van der Waals surface area contributed by atoms with Gasteiger partial charge in [0.2, 0.25) is 0 Å². The summed E-state index contributed by atoms with van der Waals surface area (Å²) in [5.74, 6) is 0. The number of nitrogens with zero attached hydrogens (tertiary/aromatic N) is 1. The van der Waals surface area contributed by atoms with Crippen molar-refractivity contribution in [3.8, 4) is 0 Å². The van der Waals surface area contributed by atoms with E-state index < -0.39 is 17.1 Å². The Morgan fingerprint density at radius 1 is 0.774 bits per heavy atom. The molecule has 2 N–H and O–H groups in total. The highest BCUT2D eigenvalue weighted by molar-refractivity contribution is 4.82. The van der Waals surface area contributed by atoms with Crippen LogP contribution in [0.5, 0.6) is 0 Å². The number of nitrogens with one attached hydrogen (secondary N) is 2. The topological polar surface area (TPSA) is 100 Å². The average Bonchev–Trinajstić information content (AvgIpc) is 3.54. The van der Waals surface area contributed by atoms with Crippen molar-refractivity contribution in [2.45, 2.75) is 128 Å². The van der Waals surface area contributed by atoms with Gasteiger partial charge in [0, 0.05) is 6.04 Å². The lowest BCUT2D eigenvalue weighted by molar-refractivity contribution is 0.318. The molecule has 31 heavy (non-hydrogen) atoms. The van der Waals surface area contributed by atoms with Crippen LogP contribution in [0.3, 0.4) is 0 Å². The smallest absolute Gasteiger partial charge is 0.333 e. The van der Waals surface area contributed by atoms with Gasteiger partial charge < -0.3 is 4.74 Å². The van der Waals surface area contributed by atoms with Gasteiger partial charge in [-0.15, -0.1) is 0 Å². The molecule has 1 aromatic heterocycles. The summed E-state index contributed by atoms with van der Waals surface area (Å²) >= 11 is 0. The third-order valence-corrected chi connectivity index (χ3v) is 6.32. The number of aromatic amines is 2. The van der Waals surface area contributed by atoms with E-state index in [0.29, 0.717) is 13.0 Å². The third kappa shape index (κ3) is 11.0. The van der Waals surface area contributed by atoms with Crippen LogP contribution in [0.25, 0.3) is 0 Å². The van der Waals surface area contributed by atoms with Crippen molar-refractivity contribution in [3.63, 3.8) is 0 Å². The largest absolute Gasteiger partial charge is 0.373 e. The lowest BCUT2D eigenvalue weighted by atomic mass is 10.0. The second kappa shape index (κ2) is 15.2. The lowest BCUT2D eigenvalue weighted by Gasteiger charge is -2.17. The van der Waals surface area contributed by atoms with Gasteiger partial charge in [0.15, 0.2) is 0 Å². The molecule has 1 aliphatic heterocycles. The first-order chi connectivity index (χ1) is 15.1. The molecule has 2 heterocycles. The fraction of sp³-hybridized carbons (Fsp3) is 0.875. The molecule has 1 fully saturated rings. The summed E-state index contributed by atoms with van der Waals surface area (Å²) in [6, 6.07) is -0.220. The van der Waals surface area contributed by atoms with Crippen molar-refractivity contribution in [3.05, 3.63) is 31.5 Å². The van der Waals surface area contributed by atoms with Crippen molar-refractivity contribution in [1.82, 2.24) is 14.5 Å². The molecule has 1 aromatic rings. The molecule has 0 spiro atoms. The number of ether oxygens (including phenoxy) is 1. The zero-order chi connectivity index (χ0) is 22.3. The highest BCUT2D eigenvalue weighted by atomic mass is 16.6. The van der Waals surface area contributed by atoms with E-state index in [2.05, 4.69) is 16.9 Å². The lowest BCUT2D eigenvalue weighted by Crippen LogP contribution is -2.45. The summed E-state index contributed by atoms with van der Waals surface area (Å²) in [5.41, 5.74) is -2.00. The van der Waals surface area contributed by atoms with Gasteiger partial charge in [-0.3, -0.25) is 9.97 Å². The van der Waals surface area contributed by atoms with Gasteiger partial charge in [-0.05, 0) is 12.8 Å². The van der Waals surface area contributed by atoms with Crippen LogP contribution in [0, 0.1) is 0 Å². The van der Waals surface area contributed by atoms with E-state index in [1.807, 2.05) is 0 Å². The first-order valence-electron chi connectivity index (χ1n) is 12.7. The molecule has 0 bridgehead atoms. The maximum absolute atomic E-state index is 12.1. The van der Waals surface area contributed by atoms with Gasteiger partial charge in [-0.1, -0.05) is 103 Å². The van der Waals surface area contributed by atoms with E-state index in [4.69, 9.17) is 4.74 Å². The zero-order valence-corrected chi connectivity index (χ0v) is 19.5. The van der Waals surface area contributed by atoms with Crippen molar-refractivity contribution in [1.29, 1.82) is 0 Å². The predicted octanol–water partition coefficient (Wildman–Crippen LogP) is 4.82. The van der Waals surface area contributed by atoms with Crippen molar-refractivity contribution in [2.75, 3.05) is 6.61 Å². The Morgan fingerprint density at radius 2 is 1.19 bits per heavy atom. The average molecular weight is 438 g/mol. The van der Waals surface area contributed by atoms with Gasteiger partial charge in [0.1, 0.15) is 0 Å². The van der Waals surface area contributed by atoms with Crippen LogP contribution in [0.15, 0.2) is 14.4 Å². The quantitative estimate of drug-likeness (QED) is 0.239. The van der Waals surface area contributed by atoms with Gasteiger partial charge in [0.05, 0.1) is 12.7 Å². The molecule has 2 rings (SSSR count). The normalized spacial score (nSPS) is 16.5. The minimum Gasteiger partial charge on any atom is -0.373 e. The van der Waals surface area contributed by atoms with E-state index in [1.165, 1.54) is 83.5 Å². The Bertz CT molecular complexity index is 729. The molecule has 1 saturated heterocycles. The monoisotopic (exact) mass is 437 g/mol. The highest BCUT2D eigenvalue weighted by Crippen LogP contribution is 2.26. The van der Waals surface area contributed by atoms with Crippen LogP contribution in [-0.2, 0) is 4.74 Å². The Balaban J connectivity index is 1.52. The summed E-state index contributed by atoms with van der Waals surface area (Å²) in [6.45, 7) is 2.95. The molecule has 2 atom stereocenters. The van der Waals surface area contributed by atoms with Crippen molar-refractivity contribution >= 4 is 0 Å². The summed E-state index contributed by atoms with van der Waals surface area (Å²) < 4.78 is 6.45. The molecule has 0 aromatic carbocycles. The first kappa shape index (κ1) is 25.6. The SMILES string of the molecule is CCCCCCCCCCCCCCCCCC(CC1CO1)n1c(=O)[nH]c(=O)[nH]c1=O. The predicted molar refractivity (Wildman–Crippen MR) is 125 cm³/mol. The fourth-order valence-corrected chi connectivity index (χ4v) is 4.38. The second-order valence-electron chi connectivity index (χ2n) is 9.14. The summed E-state index contributed by atoms with van der Waals surface area (Å²) in [7, 11) is 0. The molecule has 0 saturated carbocycles. The third-order valence-electron chi connectivity index (χ3n) is 6.32. The number of rotatable bonds is 19. The minimum absolute atomic E-state index is 0.125. The van der Waals surface area contributed by atoms with Gasteiger partial charge in [0.25, 0.3) is 0 Å². The molecule has 0 amide bonds. The summed E-state index contributed by atoms with van der Waals surface area (Å²) in [5, 5.41) is 0. The number of hydrogen-bond donors (Lipinski definition) is 2. The Kier molecular flexibility index (Phi) is 12.6. The molecule has 0 aliphatic carbocycles. The van der Waals surface area contributed by atoms with Crippen LogP contribution >= 0.6 is 0 Å². The van der Waals surface area contributed by atoms with Crippen LogP contribution in [0.4, 0.5) is 0 Å². The van der Waals surface area contributed by atoms with E-state index in [0.717, 1.165) is 23.8 Å². The second-order valence-corrected chi connectivity index (χ2v) is 9.14. The van der Waals surface area contributed by atoms with Crippen LogP contribution < -0.4 is 17.1 Å². The van der Waals surface area contributed by atoms with Crippen LogP contribution in [0.1, 0.15) is 122 Å². The minimum atomic E-state index is -0.750. The molecule has 2 unspecified atom stereocenters. The van der Waals surface area contributed by atoms with Gasteiger partial charge in [-0.25, -0.2) is 19.0 Å². The van der Waals surface area contributed by atoms with Gasteiger partial charge >= 0.3 is 17.1 Å². The Morgan fingerprint density at radius 3 is 1.61 bits per heavy atom. The number of aromatic nitrogens is 3. The maximum atomic E-state index is 12.1. The summed E-state index contributed by atoms with van der Waals surface area (Å²) in [4.78, 5) is 39.8. The number of unbranched alkanes of at least 4 members (excludes halogenated alkanes) is 14. The number of epoxide rings is 1. The standard InChI is InChI=1S/C24H43N3O4/c1-2-3-4-5-6-7-8-9-10-11-12-13-14-15-16-17-20(18-21-19-31-21)27-23(29)25-22(28)26-24(27)30/h20-21H,2-19H2,1H3,(H2,25,26,28,29,30). The molecule has 7 nitrogen and oxygen atoms in total. The maximum Gasteiger partial charge on any atom is 0.333 e. The van der Waals surface area contributed by atoms with E-state index in [9.17, 15) is 14.4 Å². The van der Waals surface area contributed by atoms with E-state index in [-0.39, 0.29) is 12.1 Å². The van der Waals surface area contributed by atoms with Gasteiger partial charge in [-0.2, -0.15) is 0 Å². The van der Waals surface area contributed by atoms with E-state index in [1.54, 1.807) is 0 Å². The summed E-state index contributed by atoms with van der Waals surface area (Å²) in [6.07, 6.45) is 21.2. The first-order valence-corrected chi connectivity index (χ1v) is 12.7. The zero-order valence-electron chi connectivity index (χ0n) is 19.5. The van der Waals surface area contributed by atoms with Crippen LogP contribution in [0.2, 0.25) is 0 Å². The molecule has 1 aliphatic rings.